The number of carbonyl (C=O) groups excluding carboxylic acids is 1. The maximum atomic E-state index is 12.9. The summed E-state index contributed by atoms with van der Waals surface area (Å²) in [5.41, 5.74) is 5.11. The minimum Gasteiger partial charge on any atom is -0.445 e. The van der Waals surface area contributed by atoms with Gasteiger partial charge in [-0.25, -0.2) is 4.98 Å². The van der Waals surface area contributed by atoms with Gasteiger partial charge in [-0.15, -0.1) is 0 Å². The highest BCUT2D eigenvalue weighted by atomic mass is 16.4. The highest BCUT2D eigenvalue weighted by Crippen LogP contribution is 2.25. The maximum Gasteiger partial charge on any atom is 0.254 e. The smallest absolute Gasteiger partial charge is 0.254 e. The zero-order valence-corrected chi connectivity index (χ0v) is 14.6. The van der Waals surface area contributed by atoms with E-state index >= 15 is 0 Å². The summed E-state index contributed by atoms with van der Waals surface area (Å²) >= 11 is 0. The molecule has 1 amide bonds. The van der Waals surface area contributed by atoms with E-state index in [4.69, 9.17) is 4.42 Å². The molecule has 4 heteroatoms. The highest BCUT2D eigenvalue weighted by Gasteiger charge is 2.27. The van der Waals surface area contributed by atoms with Crippen LogP contribution in [-0.4, -0.2) is 22.3 Å². The molecular weight excluding hydrogens is 288 g/mol. The number of oxazole rings is 1. The molecule has 0 N–H and O–H groups in total. The lowest BCUT2D eigenvalue weighted by atomic mass is 9.99. The van der Waals surface area contributed by atoms with E-state index in [9.17, 15) is 4.79 Å². The van der Waals surface area contributed by atoms with Crippen molar-refractivity contribution in [1.29, 1.82) is 0 Å². The summed E-state index contributed by atoms with van der Waals surface area (Å²) in [5.74, 6) is 2.07. The Morgan fingerprint density at radius 2 is 1.87 bits per heavy atom. The Bertz CT molecular complexity index is 759. The van der Waals surface area contributed by atoms with E-state index in [0.717, 1.165) is 40.5 Å². The Balaban J connectivity index is 1.86. The molecule has 1 aromatic carbocycles. The highest BCUT2D eigenvalue weighted by molar-refractivity contribution is 5.96. The molecule has 2 heterocycles. The molecule has 0 unspecified atom stereocenters. The average molecular weight is 312 g/mol. The summed E-state index contributed by atoms with van der Waals surface area (Å²) in [5, 5.41) is 0. The molecule has 1 aliphatic heterocycles. The van der Waals surface area contributed by atoms with Crippen LogP contribution in [0.15, 0.2) is 16.5 Å². The summed E-state index contributed by atoms with van der Waals surface area (Å²) in [4.78, 5) is 19.4. The lowest BCUT2D eigenvalue weighted by Gasteiger charge is -2.26. The van der Waals surface area contributed by atoms with Crippen molar-refractivity contribution in [1.82, 2.24) is 9.88 Å². The molecule has 0 aliphatic carbocycles. The largest absolute Gasteiger partial charge is 0.445 e. The molecule has 122 valence electrons. The van der Waals surface area contributed by atoms with Crippen LogP contribution in [0.3, 0.4) is 0 Å². The summed E-state index contributed by atoms with van der Waals surface area (Å²) < 4.78 is 5.81. The maximum absolute atomic E-state index is 12.9. The fraction of sp³-hybridized carbons (Fsp3) is 0.474. The first-order valence-electron chi connectivity index (χ1n) is 8.22. The summed E-state index contributed by atoms with van der Waals surface area (Å²) in [7, 11) is 0. The quantitative estimate of drug-likeness (QED) is 0.844. The fourth-order valence-corrected chi connectivity index (χ4v) is 3.00. The van der Waals surface area contributed by atoms with Gasteiger partial charge in [0.25, 0.3) is 5.91 Å². The number of hydrogen-bond acceptors (Lipinski definition) is 3. The molecule has 3 rings (SSSR count). The second-order valence-corrected chi connectivity index (χ2v) is 6.80. The molecule has 0 fully saturated rings. The number of hydrogen-bond donors (Lipinski definition) is 0. The number of aryl methyl sites for hydroxylation is 3. The predicted octanol–water partition coefficient (Wildman–Crippen LogP) is 3.92. The first-order chi connectivity index (χ1) is 10.9. The van der Waals surface area contributed by atoms with Gasteiger partial charge >= 0.3 is 0 Å². The van der Waals surface area contributed by atoms with E-state index in [0.29, 0.717) is 13.1 Å². The van der Waals surface area contributed by atoms with Gasteiger partial charge in [0.2, 0.25) is 0 Å². The lowest BCUT2D eigenvalue weighted by molar-refractivity contribution is 0.0727. The van der Waals surface area contributed by atoms with Gasteiger partial charge in [-0.3, -0.25) is 4.79 Å². The second-order valence-electron chi connectivity index (χ2n) is 6.80. The van der Waals surface area contributed by atoms with E-state index in [-0.39, 0.29) is 11.8 Å². The molecule has 0 atom stereocenters. The van der Waals surface area contributed by atoms with Crippen molar-refractivity contribution in [3.63, 3.8) is 0 Å². The number of nitrogens with zero attached hydrogens (tertiary/aromatic N) is 2. The van der Waals surface area contributed by atoms with Crippen LogP contribution < -0.4 is 0 Å². The first-order valence-corrected chi connectivity index (χ1v) is 8.22. The van der Waals surface area contributed by atoms with Gasteiger partial charge < -0.3 is 9.32 Å². The van der Waals surface area contributed by atoms with E-state index < -0.39 is 0 Å². The van der Waals surface area contributed by atoms with Crippen molar-refractivity contribution < 1.29 is 9.21 Å². The van der Waals surface area contributed by atoms with Gasteiger partial charge in [0.15, 0.2) is 5.89 Å². The molecule has 1 aromatic heterocycles. The van der Waals surface area contributed by atoms with Crippen molar-refractivity contribution in [2.45, 2.75) is 53.5 Å². The number of amides is 1. The van der Waals surface area contributed by atoms with E-state index in [1.165, 1.54) is 5.56 Å². The molecule has 0 saturated heterocycles. The summed E-state index contributed by atoms with van der Waals surface area (Å²) in [6.07, 6.45) is 0.741. The number of fused-ring (bicyclic) bond motifs is 1. The van der Waals surface area contributed by atoms with Crippen molar-refractivity contribution in [3.05, 3.63) is 51.7 Å². The molecular formula is C19H24N2O2. The van der Waals surface area contributed by atoms with Crippen LogP contribution in [0.5, 0.6) is 0 Å². The van der Waals surface area contributed by atoms with Crippen LogP contribution in [0.25, 0.3) is 0 Å². The summed E-state index contributed by atoms with van der Waals surface area (Å²) in [6.45, 7) is 11.5. The number of aromatic nitrogens is 1. The number of rotatable bonds is 2. The first kappa shape index (κ1) is 15.8. The molecule has 4 nitrogen and oxygen atoms in total. The minimum absolute atomic E-state index is 0.0883. The van der Waals surface area contributed by atoms with Crippen molar-refractivity contribution in [2.24, 2.45) is 0 Å². The third-order valence-electron chi connectivity index (χ3n) is 4.60. The van der Waals surface area contributed by atoms with Gasteiger partial charge in [-0.05, 0) is 43.5 Å². The van der Waals surface area contributed by atoms with Crippen LogP contribution in [0.2, 0.25) is 0 Å². The van der Waals surface area contributed by atoms with Crippen LogP contribution in [-0.2, 0) is 13.0 Å². The van der Waals surface area contributed by atoms with Crippen LogP contribution in [0.1, 0.15) is 64.2 Å². The topological polar surface area (TPSA) is 46.3 Å². The molecule has 0 spiro atoms. The minimum atomic E-state index is 0.0883. The Morgan fingerprint density at radius 3 is 2.57 bits per heavy atom. The standard InChI is InChI=1S/C19H24N2O2/c1-11(2)18-20-16-10-21(7-6-17(16)23-18)19(22)15-9-13(4)12(3)8-14(15)5/h8-9,11H,6-7,10H2,1-5H3. The third kappa shape index (κ3) is 2.90. The van der Waals surface area contributed by atoms with Crippen molar-refractivity contribution in [2.75, 3.05) is 6.54 Å². The van der Waals surface area contributed by atoms with E-state index in [2.05, 4.69) is 31.8 Å². The lowest BCUT2D eigenvalue weighted by Crippen LogP contribution is -2.36. The molecule has 0 saturated carbocycles. The SMILES string of the molecule is Cc1cc(C)c(C(=O)N2CCc3oc(C(C)C)nc3C2)cc1C. The average Bonchev–Trinajstić information content (AvgIpc) is 2.93. The van der Waals surface area contributed by atoms with Gasteiger partial charge in [-0.1, -0.05) is 19.9 Å². The van der Waals surface area contributed by atoms with Crippen molar-refractivity contribution in [3.8, 4) is 0 Å². The van der Waals surface area contributed by atoms with Gasteiger partial charge in [0, 0.05) is 24.4 Å². The zero-order chi connectivity index (χ0) is 16.7. The van der Waals surface area contributed by atoms with Gasteiger partial charge in [0.1, 0.15) is 11.5 Å². The molecule has 23 heavy (non-hydrogen) atoms. The molecule has 0 radical (unpaired) electrons. The Labute approximate surface area is 137 Å². The number of carbonyl (C=O) groups is 1. The third-order valence-corrected chi connectivity index (χ3v) is 4.60. The monoisotopic (exact) mass is 312 g/mol. The zero-order valence-electron chi connectivity index (χ0n) is 14.6. The van der Waals surface area contributed by atoms with Crippen LogP contribution >= 0.6 is 0 Å². The van der Waals surface area contributed by atoms with Crippen LogP contribution in [0.4, 0.5) is 0 Å². The Morgan fingerprint density at radius 1 is 1.17 bits per heavy atom. The normalized spacial score (nSPS) is 14.3. The number of benzene rings is 1. The van der Waals surface area contributed by atoms with E-state index in [1.54, 1.807) is 0 Å². The Kier molecular flexibility index (Phi) is 4.00. The fourth-order valence-electron chi connectivity index (χ4n) is 3.00. The van der Waals surface area contributed by atoms with Crippen molar-refractivity contribution >= 4 is 5.91 Å². The molecule has 1 aliphatic rings. The van der Waals surface area contributed by atoms with Gasteiger partial charge in [0.05, 0.1) is 6.54 Å². The molecule has 2 aromatic rings. The van der Waals surface area contributed by atoms with Crippen LogP contribution in [0, 0.1) is 20.8 Å². The predicted molar refractivity (Wildman–Crippen MR) is 89.7 cm³/mol. The second kappa shape index (κ2) is 5.84. The summed E-state index contributed by atoms with van der Waals surface area (Å²) in [6, 6.07) is 4.09. The van der Waals surface area contributed by atoms with E-state index in [1.807, 2.05) is 24.8 Å². The molecule has 0 bridgehead atoms. The van der Waals surface area contributed by atoms with Gasteiger partial charge in [-0.2, -0.15) is 0 Å². The Hall–Kier alpha value is -2.10.